The fraction of sp³-hybridized carbons (Fsp3) is 0.818. The molecule has 8 atom stereocenters. The fourth-order valence-electron chi connectivity index (χ4n) is 9.67. The van der Waals surface area contributed by atoms with E-state index in [1.807, 2.05) is 27.1 Å². The molecule has 1 heterocycles. The number of allylic oxidation sites excluding steroid dienone is 1. The van der Waals surface area contributed by atoms with Crippen LogP contribution in [0.25, 0.3) is 0 Å². The minimum Gasteiger partial charge on any atom is -0.358 e. The van der Waals surface area contributed by atoms with Crippen LogP contribution in [0.5, 0.6) is 0 Å². The lowest BCUT2D eigenvalue weighted by atomic mass is 9.46. The quantitative estimate of drug-likeness (QED) is 0.250. The number of fused-ring (bicyclic) bond motifs is 5. The molecule has 0 aromatic rings. The summed E-state index contributed by atoms with van der Waals surface area (Å²) >= 11 is 0. The van der Waals surface area contributed by atoms with Crippen LogP contribution in [0.15, 0.2) is 16.8 Å². The van der Waals surface area contributed by atoms with Gasteiger partial charge in [-0.05, 0) is 113 Å². The zero-order valence-electron chi connectivity index (χ0n) is 26.7. The highest BCUT2D eigenvalue weighted by Gasteiger charge is 2.59. The van der Waals surface area contributed by atoms with Gasteiger partial charge in [0, 0.05) is 45.1 Å². The maximum absolute atomic E-state index is 13.3. The maximum Gasteiger partial charge on any atom is 0.436 e. The molecule has 2 unspecified atom stereocenters. The van der Waals surface area contributed by atoms with Crippen molar-refractivity contribution in [3.8, 4) is 0 Å². The van der Waals surface area contributed by atoms with E-state index in [4.69, 9.17) is 4.84 Å². The van der Waals surface area contributed by atoms with Crippen molar-refractivity contribution in [1.82, 2.24) is 20.4 Å². The van der Waals surface area contributed by atoms with Crippen molar-refractivity contribution in [1.29, 1.82) is 0 Å². The summed E-state index contributed by atoms with van der Waals surface area (Å²) in [7, 11) is 5.63. The largest absolute Gasteiger partial charge is 0.436 e. The second-order valence-electron chi connectivity index (χ2n) is 14.6. The first kappa shape index (κ1) is 31.2. The number of likely N-dealkylation sites (N-methyl/N-ethyl adjacent to an activating group) is 2. The molecule has 9 nitrogen and oxygen atoms in total. The fourth-order valence-corrected chi connectivity index (χ4v) is 9.67. The van der Waals surface area contributed by atoms with Crippen LogP contribution in [0, 0.1) is 34.5 Å². The third-order valence-electron chi connectivity index (χ3n) is 12.1. The van der Waals surface area contributed by atoms with Crippen LogP contribution < -0.4 is 10.6 Å². The number of hydrogen-bond donors (Lipinski definition) is 2. The van der Waals surface area contributed by atoms with Crippen LogP contribution in [-0.4, -0.2) is 86.2 Å². The van der Waals surface area contributed by atoms with E-state index in [0.717, 1.165) is 50.8 Å². The molecule has 0 aromatic carbocycles. The zero-order chi connectivity index (χ0) is 30.2. The molecule has 4 fully saturated rings. The number of carbonyl (C=O) groups is 3. The van der Waals surface area contributed by atoms with Crippen molar-refractivity contribution >= 4 is 23.5 Å². The van der Waals surface area contributed by atoms with E-state index in [1.54, 1.807) is 11.9 Å². The lowest BCUT2D eigenvalue weighted by Crippen LogP contribution is -2.51. The Balaban J connectivity index is 1.23. The molecular formula is C33H53N5O4. The summed E-state index contributed by atoms with van der Waals surface area (Å²) in [6, 6.07) is -0.167. The predicted octanol–water partition coefficient (Wildman–Crippen LogP) is 4.38. The lowest BCUT2D eigenvalue weighted by Gasteiger charge is -2.58. The van der Waals surface area contributed by atoms with Crippen molar-refractivity contribution in [3.05, 3.63) is 11.6 Å². The van der Waals surface area contributed by atoms with Gasteiger partial charge in [-0.3, -0.25) is 14.4 Å². The summed E-state index contributed by atoms with van der Waals surface area (Å²) in [5, 5.41) is 10.6. The molecule has 42 heavy (non-hydrogen) atoms. The maximum atomic E-state index is 13.3. The second-order valence-corrected chi connectivity index (χ2v) is 14.6. The summed E-state index contributed by atoms with van der Waals surface area (Å²) < 4.78 is 0. The topological polar surface area (TPSA) is 103 Å². The average molecular weight is 584 g/mol. The molecular weight excluding hydrogens is 530 g/mol. The minimum atomic E-state index is -0.420. The Morgan fingerprint density at radius 2 is 1.83 bits per heavy atom. The van der Waals surface area contributed by atoms with Crippen molar-refractivity contribution in [2.24, 2.45) is 39.7 Å². The van der Waals surface area contributed by atoms with Gasteiger partial charge >= 0.3 is 6.09 Å². The number of carbonyl (C=O) groups excluding carboxylic acids is 3. The van der Waals surface area contributed by atoms with Crippen LogP contribution in [0.3, 0.4) is 0 Å². The van der Waals surface area contributed by atoms with Gasteiger partial charge in [0.25, 0.3) is 0 Å². The third kappa shape index (κ3) is 5.92. The first-order valence-electron chi connectivity index (χ1n) is 16.3. The van der Waals surface area contributed by atoms with Gasteiger partial charge in [-0.25, -0.2) is 4.79 Å². The Bertz CT molecular complexity index is 1120. The second kappa shape index (κ2) is 12.4. The molecule has 0 spiro atoms. The first-order chi connectivity index (χ1) is 20.0. The van der Waals surface area contributed by atoms with Gasteiger partial charge in [0.05, 0.1) is 11.8 Å². The van der Waals surface area contributed by atoms with Crippen LogP contribution in [0.1, 0.15) is 85.0 Å². The van der Waals surface area contributed by atoms with E-state index >= 15 is 0 Å². The number of nitrogens with one attached hydrogen (secondary N) is 2. The summed E-state index contributed by atoms with van der Waals surface area (Å²) in [4.78, 5) is 47.0. The molecule has 1 aliphatic heterocycles. The van der Waals surface area contributed by atoms with E-state index in [1.165, 1.54) is 24.8 Å². The molecule has 3 saturated carbocycles. The molecule has 9 heteroatoms. The van der Waals surface area contributed by atoms with Crippen molar-refractivity contribution in [3.63, 3.8) is 0 Å². The number of ketones is 1. The van der Waals surface area contributed by atoms with Gasteiger partial charge in [-0.2, -0.15) is 0 Å². The Labute approximate surface area is 252 Å². The lowest BCUT2D eigenvalue weighted by molar-refractivity contribution is -0.122. The van der Waals surface area contributed by atoms with Gasteiger partial charge < -0.3 is 20.4 Å². The van der Waals surface area contributed by atoms with Crippen molar-refractivity contribution in [2.75, 3.05) is 40.8 Å². The van der Waals surface area contributed by atoms with Crippen LogP contribution in [0.4, 0.5) is 4.79 Å². The molecule has 5 rings (SSSR count). The molecule has 4 aliphatic carbocycles. The molecule has 1 saturated heterocycles. The number of oxime groups is 1. The molecule has 2 N–H and O–H groups in total. The van der Waals surface area contributed by atoms with Gasteiger partial charge in [-0.1, -0.05) is 24.6 Å². The van der Waals surface area contributed by atoms with Crippen LogP contribution >= 0.6 is 0 Å². The highest BCUT2D eigenvalue weighted by molar-refractivity contribution is 5.91. The number of nitrogens with zero attached hydrogens (tertiary/aromatic N) is 3. The summed E-state index contributed by atoms with van der Waals surface area (Å²) in [6.07, 6.45) is 11.8. The van der Waals surface area contributed by atoms with Gasteiger partial charge in [0.15, 0.2) is 5.78 Å². The molecule has 0 aromatic heterocycles. The Morgan fingerprint density at radius 1 is 1.05 bits per heavy atom. The standard InChI is InChI=1S/C33H53N5O4/c1-21(36-42-31(41)38(18-17-37(5)6)20-23-8-12-29(35-23)30(40)34-4)26-10-11-27-25-9-7-22-19-24(39)13-15-32(22,2)28(25)14-16-33(26,27)3/h19,23,25-29,35H,7-18,20H2,1-6H3,(H,34,40)/b36-21+/t23?,25-,26+,27-,28-,29?,32-,33+/m0/s1. The van der Waals surface area contributed by atoms with Gasteiger partial charge in [-0.15, -0.1) is 0 Å². The van der Waals surface area contributed by atoms with E-state index < -0.39 is 6.09 Å². The smallest absolute Gasteiger partial charge is 0.358 e. The highest BCUT2D eigenvalue weighted by Crippen LogP contribution is 2.66. The zero-order valence-corrected chi connectivity index (χ0v) is 26.7. The normalized spacial score (nSPS) is 37.9. The molecule has 0 bridgehead atoms. The number of amides is 2. The Kier molecular flexibility index (Phi) is 9.19. The van der Waals surface area contributed by atoms with Crippen LogP contribution in [-0.2, 0) is 14.4 Å². The Morgan fingerprint density at radius 3 is 2.57 bits per heavy atom. The summed E-state index contributed by atoms with van der Waals surface area (Å²) in [5.41, 5.74) is 2.69. The third-order valence-corrected chi connectivity index (χ3v) is 12.1. The summed E-state index contributed by atoms with van der Waals surface area (Å²) in [5.74, 6) is 2.63. The van der Waals surface area contributed by atoms with Crippen LogP contribution in [0.2, 0.25) is 0 Å². The molecule has 0 radical (unpaired) electrons. The number of rotatable bonds is 8. The molecule has 5 aliphatic rings. The van der Waals surface area contributed by atoms with E-state index in [9.17, 15) is 14.4 Å². The SMILES string of the molecule is CNC(=O)C1CCC(CN(CCN(C)C)C(=O)O/N=C(\C)[C@H]2CC[C@H]3[C@@H]4CCC5=CC(=O)CC[C@]5(C)[C@H]4CC[C@]23C)N1. The number of hydrogen-bond acceptors (Lipinski definition) is 7. The van der Waals surface area contributed by atoms with E-state index in [0.29, 0.717) is 49.0 Å². The predicted molar refractivity (Wildman–Crippen MR) is 164 cm³/mol. The minimum absolute atomic E-state index is 0.00869. The van der Waals surface area contributed by atoms with Gasteiger partial charge in [0.1, 0.15) is 0 Å². The highest BCUT2D eigenvalue weighted by atomic mass is 16.7. The van der Waals surface area contributed by atoms with Gasteiger partial charge in [0.2, 0.25) is 5.91 Å². The average Bonchev–Trinajstić information content (AvgIpc) is 3.57. The molecule has 2 amide bonds. The van der Waals surface area contributed by atoms with Crippen molar-refractivity contribution < 1.29 is 19.2 Å². The molecule has 234 valence electrons. The van der Waals surface area contributed by atoms with E-state index in [-0.39, 0.29) is 28.8 Å². The first-order valence-corrected chi connectivity index (χ1v) is 16.3. The van der Waals surface area contributed by atoms with E-state index in [2.05, 4.69) is 34.5 Å². The van der Waals surface area contributed by atoms with Crippen molar-refractivity contribution in [2.45, 2.75) is 97.1 Å². The summed E-state index contributed by atoms with van der Waals surface area (Å²) in [6.45, 7) is 8.69. The monoisotopic (exact) mass is 583 g/mol. The Hall–Kier alpha value is -2.26.